The number of aromatic nitrogens is 1. The van der Waals surface area contributed by atoms with Crippen LogP contribution < -0.4 is 14.2 Å². The van der Waals surface area contributed by atoms with Gasteiger partial charge in [0.25, 0.3) is 0 Å². The van der Waals surface area contributed by atoms with Crippen LogP contribution in [0.4, 0.5) is 0 Å². The molecule has 31 heavy (non-hydrogen) atoms. The van der Waals surface area contributed by atoms with Crippen molar-refractivity contribution in [2.45, 2.75) is 13.8 Å². The second kappa shape index (κ2) is 13.2. The predicted octanol–water partition coefficient (Wildman–Crippen LogP) is 5.39. The van der Waals surface area contributed by atoms with E-state index in [0.717, 1.165) is 17.0 Å². The third kappa shape index (κ3) is 8.65. The Labute approximate surface area is 196 Å². The number of hydrogen-bond donors (Lipinski definition) is 1. The van der Waals surface area contributed by atoms with Gasteiger partial charge in [0.15, 0.2) is 5.78 Å². The summed E-state index contributed by atoms with van der Waals surface area (Å²) in [6.45, 7) is 2.85. The van der Waals surface area contributed by atoms with Crippen molar-refractivity contribution in [1.29, 1.82) is 0 Å². The van der Waals surface area contributed by atoms with Gasteiger partial charge in [-0.3, -0.25) is 4.79 Å². The summed E-state index contributed by atoms with van der Waals surface area (Å²) >= 11 is 0. The number of methoxy groups -OCH3 is 2. The first-order valence-electron chi connectivity index (χ1n) is 9.13. The summed E-state index contributed by atoms with van der Waals surface area (Å²) in [6, 6.07) is 20.0. The zero-order valence-corrected chi connectivity index (χ0v) is 20.0. The average Bonchev–Trinajstić information content (AvgIpc) is 2.73. The molecule has 0 spiro atoms. The largest absolute Gasteiger partial charge is 0.540 e. The number of pyridine rings is 1. The fourth-order valence-corrected chi connectivity index (χ4v) is 2.47. The van der Waals surface area contributed by atoms with E-state index in [1.165, 1.54) is 19.9 Å². The van der Waals surface area contributed by atoms with Gasteiger partial charge in [0, 0.05) is 44.8 Å². The first-order chi connectivity index (χ1) is 14.4. The van der Waals surface area contributed by atoms with Crippen molar-refractivity contribution < 1.29 is 45.2 Å². The normalized spacial score (nSPS) is 10.1. The van der Waals surface area contributed by atoms with Crippen LogP contribution in [0.2, 0.25) is 0 Å². The number of para-hydroxylation sites is 1. The third-order valence-electron chi connectivity index (χ3n) is 3.71. The van der Waals surface area contributed by atoms with Crippen LogP contribution in [-0.4, -0.2) is 30.1 Å². The number of carbonyl (C=O) groups is 1. The summed E-state index contributed by atoms with van der Waals surface area (Å²) in [5, 5.41) is 8.36. The first-order valence-corrected chi connectivity index (χ1v) is 9.13. The van der Waals surface area contributed by atoms with E-state index < -0.39 is 0 Å². The monoisotopic (exact) mass is 601 g/mol. The molecule has 1 heterocycles. The summed E-state index contributed by atoms with van der Waals surface area (Å²) in [6.07, 6.45) is 2.87. The number of allylic oxidation sites excluding steroid dienone is 2. The molecule has 0 unspecified atom stereocenters. The summed E-state index contributed by atoms with van der Waals surface area (Å²) in [5.74, 6) is 2.74. The fraction of sp³-hybridized carbons (Fsp3) is 0.167. The molecule has 3 rings (SSSR count). The van der Waals surface area contributed by atoms with Crippen molar-refractivity contribution in [3.8, 4) is 34.3 Å². The number of aliphatic hydroxyl groups is 1. The number of aliphatic hydroxyl groups excluding tert-OH is 1. The SMILES string of the molecule is CC(=O)/C=C(/C)O.COc1c[c-]c(-c2cc(Oc3ccccc3)ccn2)c(OC)c1.[Pt]. The minimum absolute atomic E-state index is 0. The Morgan fingerprint density at radius 1 is 1.00 bits per heavy atom. The summed E-state index contributed by atoms with van der Waals surface area (Å²) in [7, 11) is 3.21. The molecule has 2 aromatic carbocycles. The minimum Gasteiger partial charge on any atom is -0.540 e. The van der Waals surface area contributed by atoms with E-state index in [-0.39, 0.29) is 32.6 Å². The van der Waals surface area contributed by atoms with Crippen LogP contribution in [0.1, 0.15) is 13.8 Å². The van der Waals surface area contributed by atoms with Crippen molar-refractivity contribution >= 4 is 5.78 Å². The Bertz CT molecular complexity index is 1000. The van der Waals surface area contributed by atoms with Crippen LogP contribution in [0.15, 0.2) is 72.6 Å². The fourth-order valence-electron chi connectivity index (χ4n) is 2.47. The minimum atomic E-state index is -0.125. The van der Waals surface area contributed by atoms with Gasteiger partial charge in [-0.15, -0.1) is 12.1 Å². The van der Waals surface area contributed by atoms with Crippen molar-refractivity contribution in [1.82, 2.24) is 4.98 Å². The number of ketones is 1. The van der Waals surface area contributed by atoms with E-state index >= 15 is 0 Å². The van der Waals surface area contributed by atoms with Gasteiger partial charge in [0.2, 0.25) is 0 Å². The molecule has 0 radical (unpaired) electrons. The Hall–Kier alpha value is -3.11. The maximum atomic E-state index is 10.0. The van der Waals surface area contributed by atoms with Gasteiger partial charge in [0.05, 0.1) is 20.0 Å². The van der Waals surface area contributed by atoms with E-state index in [4.69, 9.17) is 19.3 Å². The number of ether oxygens (including phenoxy) is 3. The molecule has 0 saturated heterocycles. The second-order valence-corrected chi connectivity index (χ2v) is 6.17. The predicted molar refractivity (Wildman–Crippen MR) is 115 cm³/mol. The molecular formula is C24H24NO5Pt-. The van der Waals surface area contributed by atoms with E-state index in [9.17, 15) is 4.79 Å². The van der Waals surface area contributed by atoms with Gasteiger partial charge in [-0.1, -0.05) is 29.8 Å². The Kier molecular flexibility index (Phi) is 11.1. The molecule has 0 aliphatic rings. The number of benzene rings is 2. The molecule has 0 amide bonds. The molecule has 6 nitrogen and oxygen atoms in total. The average molecular weight is 602 g/mol. The molecular weight excluding hydrogens is 577 g/mol. The van der Waals surface area contributed by atoms with Crippen LogP contribution >= 0.6 is 0 Å². The molecule has 3 aromatic rings. The second-order valence-electron chi connectivity index (χ2n) is 6.17. The quantitative estimate of drug-likeness (QED) is 0.232. The number of nitrogens with zero attached hydrogens (tertiary/aromatic N) is 1. The third-order valence-corrected chi connectivity index (χ3v) is 3.71. The smallest absolute Gasteiger partial charge is 0.155 e. The molecule has 0 saturated carbocycles. The zero-order chi connectivity index (χ0) is 21.9. The molecule has 7 heteroatoms. The van der Waals surface area contributed by atoms with Crippen molar-refractivity contribution in [2.75, 3.05) is 14.2 Å². The number of carbonyl (C=O) groups excluding carboxylic acids is 1. The summed E-state index contributed by atoms with van der Waals surface area (Å²) in [4.78, 5) is 14.4. The van der Waals surface area contributed by atoms with E-state index in [0.29, 0.717) is 17.2 Å². The molecule has 0 bridgehead atoms. The topological polar surface area (TPSA) is 77.9 Å². The summed E-state index contributed by atoms with van der Waals surface area (Å²) < 4.78 is 16.4. The molecule has 1 aromatic heterocycles. The van der Waals surface area contributed by atoms with Gasteiger partial charge in [-0.05, 0) is 43.8 Å². The van der Waals surface area contributed by atoms with Crippen molar-refractivity contribution in [2.24, 2.45) is 0 Å². The van der Waals surface area contributed by atoms with Crippen LogP contribution in [-0.2, 0) is 25.9 Å². The first kappa shape index (κ1) is 25.9. The Morgan fingerprint density at radius 2 is 1.71 bits per heavy atom. The maximum absolute atomic E-state index is 10.0. The van der Waals surface area contributed by atoms with E-state index in [1.807, 2.05) is 42.5 Å². The van der Waals surface area contributed by atoms with Gasteiger partial charge in [-0.25, -0.2) is 0 Å². The standard InChI is InChI=1S/C19H16NO3.C5H8O2.Pt/c1-21-15-8-9-17(19(13-15)22-2)18-12-16(10-11-20-18)23-14-6-4-3-5-7-14;1-4(6)3-5(2)7;/h3-8,10-13H,1-2H3;3,6H,1-2H3;/q-1;;/b;4-3-;. The van der Waals surface area contributed by atoms with Crippen LogP contribution in [0.25, 0.3) is 11.3 Å². The Balaban J connectivity index is 0.000000523. The molecule has 0 aliphatic heterocycles. The van der Waals surface area contributed by atoms with Crippen LogP contribution in [0.3, 0.4) is 0 Å². The van der Waals surface area contributed by atoms with Crippen LogP contribution in [0.5, 0.6) is 23.0 Å². The van der Waals surface area contributed by atoms with Gasteiger partial charge in [0.1, 0.15) is 11.5 Å². The molecule has 166 valence electrons. The molecule has 0 atom stereocenters. The molecule has 1 N–H and O–H groups in total. The Morgan fingerprint density at radius 3 is 2.26 bits per heavy atom. The van der Waals surface area contributed by atoms with Crippen molar-refractivity contribution in [3.05, 3.63) is 78.7 Å². The molecule has 0 fully saturated rings. The van der Waals surface area contributed by atoms with Gasteiger partial charge in [-0.2, -0.15) is 0 Å². The van der Waals surface area contributed by atoms with Gasteiger partial charge >= 0.3 is 0 Å². The van der Waals surface area contributed by atoms with E-state index in [1.54, 1.807) is 32.5 Å². The number of rotatable bonds is 6. The summed E-state index contributed by atoms with van der Waals surface area (Å²) in [5.41, 5.74) is 1.48. The van der Waals surface area contributed by atoms with E-state index in [2.05, 4.69) is 11.1 Å². The van der Waals surface area contributed by atoms with Crippen LogP contribution in [0, 0.1) is 6.07 Å². The van der Waals surface area contributed by atoms with Gasteiger partial charge < -0.3 is 24.3 Å². The molecule has 0 aliphatic carbocycles. The van der Waals surface area contributed by atoms with Crippen molar-refractivity contribution in [3.63, 3.8) is 0 Å². The number of hydrogen-bond acceptors (Lipinski definition) is 6. The maximum Gasteiger partial charge on any atom is 0.155 e. The zero-order valence-electron chi connectivity index (χ0n) is 17.7.